The van der Waals surface area contributed by atoms with Gasteiger partial charge >= 0.3 is 0 Å². The molecule has 2 aromatic carbocycles. The van der Waals surface area contributed by atoms with E-state index in [-0.39, 0.29) is 5.91 Å². The molecule has 0 bridgehead atoms. The van der Waals surface area contributed by atoms with E-state index in [2.05, 4.69) is 17.9 Å². The Morgan fingerprint density at radius 3 is 2.62 bits per heavy atom. The molecule has 0 atom stereocenters. The Hall–Kier alpha value is -1.65. The fourth-order valence-electron chi connectivity index (χ4n) is 1.90. The van der Waals surface area contributed by atoms with Gasteiger partial charge in [0.05, 0.1) is 17.7 Å². The summed E-state index contributed by atoms with van der Waals surface area (Å²) in [6, 6.07) is 12.8. The number of halogens is 1. The van der Waals surface area contributed by atoms with Crippen molar-refractivity contribution in [2.75, 3.05) is 13.7 Å². The maximum absolute atomic E-state index is 12.1. The predicted octanol–water partition coefficient (Wildman–Crippen LogP) is 3.61. The van der Waals surface area contributed by atoms with Crippen LogP contribution in [0.3, 0.4) is 0 Å². The molecule has 0 unspecified atom stereocenters. The highest BCUT2D eigenvalue weighted by Crippen LogP contribution is 2.19. The van der Waals surface area contributed by atoms with Crippen LogP contribution in [0.5, 0.6) is 5.75 Å². The molecular weight excluding hydrogens is 306 g/mol. The van der Waals surface area contributed by atoms with E-state index >= 15 is 0 Å². The van der Waals surface area contributed by atoms with Gasteiger partial charge in [-0.1, -0.05) is 23.7 Å². The molecule has 2 rings (SSSR count). The molecule has 0 saturated heterocycles. The van der Waals surface area contributed by atoms with Crippen LogP contribution in [0.15, 0.2) is 47.4 Å². The average molecular weight is 322 g/mol. The summed E-state index contributed by atoms with van der Waals surface area (Å²) in [7, 11) is 1.63. The molecular formula is C16H16ClNO2S. The minimum Gasteiger partial charge on any atom is -0.497 e. The van der Waals surface area contributed by atoms with Gasteiger partial charge in [0.1, 0.15) is 5.75 Å². The molecule has 0 aliphatic rings. The molecule has 21 heavy (non-hydrogen) atoms. The highest BCUT2D eigenvalue weighted by molar-refractivity contribution is 7.80. The molecule has 0 fully saturated rings. The van der Waals surface area contributed by atoms with Gasteiger partial charge < -0.3 is 10.1 Å². The van der Waals surface area contributed by atoms with E-state index in [1.807, 2.05) is 24.3 Å². The summed E-state index contributed by atoms with van der Waals surface area (Å²) >= 11 is 10.2. The Morgan fingerprint density at radius 2 is 1.95 bits per heavy atom. The van der Waals surface area contributed by atoms with Gasteiger partial charge in [-0.05, 0) is 42.3 Å². The normalized spacial score (nSPS) is 10.2. The largest absolute Gasteiger partial charge is 0.497 e. The molecule has 0 heterocycles. The number of nitrogens with one attached hydrogen (secondary N) is 1. The number of amides is 1. The van der Waals surface area contributed by atoms with Crippen LogP contribution < -0.4 is 10.1 Å². The van der Waals surface area contributed by atoms with Crippen molar-refractivity contribution < 1.29 is 9.53 Å². The number of thiol groups is 1. The summed E-state index contributed by atoms with van der Waals surface area (Å²) in [6.07, 6.45) is 0.744. The van der Waals surface area contributed by atoms with Crippen LogP contribution in [-0.2, 0) is 6.42 Å². The molecule has 0 aliphatic carbocycles. The Labute approximate surface area is 134 Å². The van der Waals surface area contributed by atoms with Gasteiger partial charge in [-0.15, -0.1) is 12.6 Å². The first-order valence-electron chi connectivity index (χ1n) is 6.50. The van der Waals surface area contributed by atoms with E-state index in [4.69, 9.17) is 16.3 Å². The topological polar surface area (TPSA) is 38.3 Å². The van der Waals surface area contributed by atoms with Gasteiger partial charge in [0.15, 0.2) is 0 Å². The fourth-order valence-corrected chi connectivity index (χ4v) is 2.30. The van der Waals surface area contributed by atoms with E-state index in [9.17, 15) is 4.79 Å². The summed E-state index contributed by atoms with van der Waals surface area (Å²) in [6.45, 7) is 0.540. The predicted molar refractivity (Wildman–Crippen MR) is 87.7 cm³/mol. The molecule has 1 N–H and O–H groups in total. The van der Waals surface area contributed by atoms with Crippen LogP contribution in [0, 0.1) is 0 Å². The number of methoxy groups -OCH3 is 1. The van der Waals surface area contributed by atoms with E-state index in [0.717, 1.165) is 17.7 Å². The lowest BCUT2D eigenvalue weighted by Crippen LogP contribution is -2.26. The lowest BCUT2D eigenvalue weighted by atomic mass is 10.1. The Balaban J connectivity index is 1.90. The van der Waals surface area contributed by atoms with Gasteiger partial charge in [-0.25, -0.2) is 0 Å². The SMILES string of the molecule is COc1ccc(CCNC(=O)c2cc(S)ccc2Cl)cc1. The Kier molecular flexibility index (Phi) is 5.53. The maximum Gasteiger partial charge on any atom is 0.252 e. The summed E-state index contributed by atoms with van der Waals surface area (Å²) in [5.74, 6) is 0.629. The van der Waals surface area contributed by atoms with Crippen molar-refractivity contribution >= 4 is 30.1 Å². The lowest BCUT2D eigenvalue weighted by Gasteiger charge is -2.08. The van der Waals surface area contributed by atoms with Crippen molar-refractivity contribution in [2.24, 2.45) is 0 Å². The van der Waals surface area contributed by atoms with Gasteiger partial charge in [0, 0.05) is 11.4 Å². The highest BCUT2D eigenvalue weighted by atomic mass is 35.5. The van der Waals surface area contributed by atoms with Crippen LogP contribution in [0.25, 0.3) is 0 Å². The first-order valence-corrected chi connectivity index (χ1v) is 7.32. The molecule has 5 heteroatoms. The third kappa shape index (κ3) is 4.41. The van der Waals surface area contributed by atoms with Crippen molar-refractivity contribution in [1.29, 1.82) is 0 Å². The van der Waals surface area contributed by atoms with E-state index < -0.39 is 0 Å². The minimum atomic E-state index is -0.190. The number of benzene rings is 2. The van der Waals surface area contributed by atoms with Crippen molar-refractivity contribution in [1.82, 2.24) is 5.32 Å². The summed E-state index contributed by atoms with van der Waals surface area (Å²) in [5.41, 5.74) is 1.57. The number of hydrogen-bond acceptors (Lipinski definition) is 3. The zero-order valence-corrected chi connectivity index (χ0v) is 13.2. The number of carbonyl (C=O) groups is 1. The molecule has 0 saturated carbocycles. The quantitative estimate of drug-likeness (QED) is 0.826. The van der Waals surface area contributed by atoms with Crippen LogP contribution in [0.1, 0.15) is 15.9 Å². The molecule has 0 radical (unpaired) electrons. The van der Waals surface area contributed by atoms with Crippen LogP contribution in [0.4, 0.5) is 0 Å². The second-order valence-corrected chi connectivity index (χ2v) is 5.44. The molecule has 0 spiro atoms. The Morgan fingerprint density at radius 1 is 1.24 bits per heavy atom. The van der Waals surface area contributed by atoms with E-state index in [0.29, 0.717) is 22.0 Å². The van der Waals surface area contributed by atoms with Crippen molar-refractivity contribution in [3.8, 4) is 5.75 Å². The second-order valence-electron chi connectivity index (χ2n) is 4.52. The van der Waals surface area contributed by atoms with Crippen LogP contribution in [0.2, 0.25) is 5.02 Å². The molecule has 0 aliphatic heterocycles. The fraction of sp³-hybridized carbons (Fsp3) is 0.188. The van der Waals surface area contributed by atoms with Gasteiger partial charge in [-0.3, -0.25) is 4.79 Å². The van der Waals surface area contributed by atoms with Crippen LogP contribution >= 0.6 is 24.2 Å². The van der Waals surface area contributed by atoms with Crippen molar-refractivity contribution in [2.45, 2.75) is 11.3 Å². The monoisotopic (exact) mass is 321 g/mol. The van der Waals surface area contributed by atoms with Gasteiger partial charge in [0.25, 0.3) is 5.91 Å². The molecule has 1 amide bonds. The summed E-state index contributed by atoms with van der Waals surface area (Å²) < 4.78 is 5.10. The lowest BCUT2D eigenvalue weighted by molar-refractivity contribution is 0.0954. The van der Waals surface area contributed by atoms with Gasteiger partial charge in [-0.2, -0.15) is 0 Å². The molecule has 2 aromatic rings. The number of rotatable bonds is 5. The third-order valence-electron chi connectivity index (χ3n) is 3.05. The molecule has 110 valence electrons. The van der Waals surface area contributed by atoms with Gasteiger partial charge in [0.2, 0.25) is 0 Å². The molecule has 0 aromatic heterocycles. The number of carbonyl (C=O) groups excluding carboxylic acids is 1. The standard InChI is InChI=1S/C16H16ClNO2S/c1-20-12-4-2-11(3-5-12)8-9-18-16(19)14-10-13(21)6-7-15(14)17/h2-7,10,21H,8-9H2,1H3,(H,18,19). The first kappa shape index (κ1) is 15.7. The summed E-state index contributed by atoms with van der Waals surface area (Å²) in [4.78, 5) is 12.8. The molecule has 3 nitrogen and oxygen atoms in total. The van der Waals surface area contributed by atoms with E-state index in [1.165, 1.54) is 0 Å². The average Bonchev–Trinajstić information content (AvgIpc) is 2.50. The zero-order chi connectivity index (χ0) is 15.2. The minimum absolute atomic E-state index is 0.190. The third-order valence-corrected chi connectivity index (χ3v) is 3.66. The summed E-state index contributed by atoms with van der Waals surface area (Å²) in [5, 5.41) is 3.28. The maximum atomic E-state index is 12.1. The zero-order valence-electron chi connectivity index (χ0n) is 11.6. The highest BCUT2D eigenvalue weighted by Gasteiger charge is 2.10. The van der Waals surface area contributed by atoms with Crippen molar-refractivity contribution in [3.63, 3.8) is 0 Å². The van der Waals surface area contributed by atoms with Crippen LogP contribution in [-0.4, -0.2) is 19.6 Å². The number of ether oxygens (including phenoxy) is 1. The second kappa shape index (κ2) is 7.38. The first-order chi connectivity index (χ1) is 10.1. The van der Waals surface area contributed by atoms with E-state index in [1.54, 1.807) is 25.3 Å². The Bertz CT molecular complexity index is 629. The van der Waals surface area contributed by atoms with Crippen molar-refractivity contribution in [3.05, 3.63) is 58.6 Å². The number of hydrogen-bond donors (Lipinski definition) is 2. The smallest absolute Gasteiger partial charge is 0.252 e.